The van der Waals surface area contributed by atoms with Gasteiger partial charge in [0.2, 0.25) is 0 Å². The molecule has 1 aromatic carbocycles. The summed E-state index contributed by atoms with van der Waals surface area (Å²) in [4.78, 5) is 0. The highest BCUT2D eigenvalue weighted by molar-refractivity contribution is 5.33. The monoisotopic (exact) mass is 192 g/mol. The highest BCUT2D eigenvalue weighted by Crippen LogP contribution is 2.32. The molecule has 0 saturated heterocycles. The van der Waals surface area contributed by atoms with Gasteiger partial charge in [0.15, 0.2) is 0 Å². The van der Waals surface area contributed by atoms with E-state index in [4.69, 9.17) is 0 Å². The van der Waals surface area contributed by atoms with Gasteiger partial charge in [-0.3, -0.25) is 0 Å². The van der Waals surface area contributed by atoms with E-state index in [-0.39, 0.29) is 11.1 Å². The first kappa shape index (κ1) is 10.0. The van der Waals surface area contributed by atoms with Crippen LogP contribution in [0.4, 0.5) is 17.6 Å². The molecular formula is C9H8F4. The molecule has 72 valence electrons. The Balaban J connectivity index is 3.32. The third-order valence-corrected chi connectivity index (χ3v) is 1.81. The normalized spacial score (nSPS) is 11.8. The van der Waals surface area contributed by atoms with Gasteiger partial charge in [0, 0.05) is 0 Å². The third-order valence-electron chi connectivity index (χ3n) is 1.81. The first-order chi connectivity index (χ1) is 5.82. The van der Waals surface area contributed by atoms with Crippen molar-refractivity contribution in [3.63, 3.8) is 0 Å². The molecule has 0 heterocycles. The van der Waals surface area contributed by atoms with Crippen molar-refractivity contribution in [3.8, 4) is 0 Å². The van der Waals surface area contributed by atoms with Crippen LogP contribution in [0.2, 0.25) is 0 Å². The van der Waals surface area contributed by atoms with E-state index in [0.717, 1.165) is 12.1 Å². The number of aryl methyl sites for hydroxylation is 2. The van der Waals surface area contributed by atoms with Crippen molar-refractivity contribution in [2.24, 2.45) is 0 Å². The van der Waals surface area contributed by atoms with Crippen LogP contribution in [0.5, 0.6) is 0 Å². The summed E-state index contributed by atoms with van der Waals surface area (Å²) in [6, 6.07) is 1.73. The number of alkyl halides is 3. The Morgan fingerprint density at radius 1 is 1.00 bits per heavy atom. The summed E-state index contributed by atoms with van der Waals surface area (Å²) in [5, 5.41) is 0. The van der Waals surface area contributed by atoms with Gasteiger partial charge in [0.1, 0.15) is 5.82 Å². The highest BCUT2D eigenvalue weighted by atomic mass is 19.4. The Morgan fingerprint density at radius 2 is 1.54 bits per heavy atom. The van der Waals surface area contributed by atoms with E-state index in [1.807, 2.05) is 0 Å². The van der Waals surface area contributed by atoms with Crippen LogP contribution in [-0.2, 0) is 6.18 Å². The molecule has 0 N–H and O–H groups in total. The molecule has 0 amide bonds. The second kappa shape index (κ2) is 3.01. The van der Waals surface area contributed by atoms with E-state index in [0.29, 0.717) is 0 Å². The molecule has 4 heteroatoms. The van der Waals surface area contributed by atoms with Crippen molar-refractivity contribution in [1.82, 2.24) is 0 Å². The molecule has 0 nitrogen and oxygen atoms in total. The molecular weight excluding hydrogens is 184 g/mol. The molecule has 0 unspecified atom stereocenters. The zero-order valence-corrected chi connectivity index (χ0v) is 7.17. The van der Waals surface area contributed by atoms with Gasteiger partial charge >= 0.3 is 6.18 Å². The summed E-state index contributed by atoms with van der Waals surface area (Å²) in [5.41, 5.74) is -0.847. The summed E-state index contributed by atoms with van der Waals surface area (Å²) in [6.45, 7) is 2.55. The number of rotatable bonds is 0. The minimum Gasteiger partial charge on any atom is -0.207 e. The third kappa shape index (κ3) is 1.99. The molecule has 0 aliphatic heterocycles. The lowest BCUT2D eigenvalue weighted by Crippen LogP contribution is -2.08. The van der Waals surface area contributed by atoms with Gasteiger partial charge in [-0.1, -0.05) is 0 Å². The lowest BCUT2D eigenvalue weighted by molar-refractivity contribution is -0.138. The minimum absolute atomic E-state index is 0.0120. The van der Waals surface area contributed by atoms with Gasteiger partial charge < -0.3 is 0 Å². The molecule has 0 radical (unpaired) electrons. The molecule has 0 aliphatic carbocycles. The lowest BCUT2D eigenvalue weighted by atomic mass is 10.0. The zero-order valence-electron chi connectivity index (χ0n) is 7.17. The first-order valence-corrected chi connectivity index (χ1v) is 3.66. The predicted octanol–water partition coefficient (Wildman–Crippen LogP) is 3.46. The molecule has 0 fully saturated rings. The average Bonchev–Trinajstić information content (AvgIpc) is 1.94. The first-order valence-electron chi connectivity index (χ1n) is 3.66. The maximum Gasteiger partial charge on any atom is 0.416 e. The van der Waals surface area contributed by atoms with Gasteiger partial charge in [-0.2, -0.15) is 13.2 Å². The van der Waals surface area contributed by atoms with Gasteiger partial charge in [-0.05, 0) is 37.1 Å². The fourth-order valence-electron chi connectivity index (χ4n) is 1.09. The van der Waals surface area contributed by atoms with Gasteiger partial charge in [-0.25, -0.2) is 4.39 Å². The van der Waals surface area contributed by atoms with Crippen LogP contribution in [0.15, 0.2) is 12.1 Å². The van der Waals surface area contributed by atoms with Crippen molar-refractivity contribution in [1.29, 1.82) is 0 Å². The van der Waals surface area contributed by atoms with Crippen LogP contribution in [0, 0.1) is 19.7 Å². The van der Waals surface area contributed by atoms with Crippen LogP contribution >= 0.6 is 0 Å². The molecule has 0 aromatic heterocycles. The molecule has 1 rings (SSSR count). The van der Waals surface area contributed by atoms with Crippen molar-refractivity contribution in [3.05, 3.63) is 34.6 Å². The summed E-state index contributed by atoms with van der Waals surface area (Å²) in [6.07, 6.45) is -4.40. The van der Waals surface area contributed by atoms with Crippen molar-refractivity contribution in [2.45, 2.75) is 20.0 Å². The summed E-state index contributed by atoms with van der Waals surface area (Å²) < 4.78 is 49.5. The fourth-order valence-corrected chi connectivity index (χ4v) is 1.09. The second-order valence-electron chi connectivity index (χ2n) is 2.91. The van der Waals surface area contributed by atoms with E-state index in [2.05, 4.69) is 0 Å². The van der Waals surface area contributed by atoms with E-state index < -0.39 is 17.6 Å². The Kier molecular flexibility index (Phi) is 2.32. The Hall–Kier alpha value is -1.06. The van der Waals surface area contributed by atoms with Crippen molar-refractivity contribution < 1.29 is 17.6 Å². The number of benzene rings is 1. The van der Waals surface area contributed by atoms with E-state index in [9.17, 15) is 17.6 Å². The smallest absolute Gasteiger partial charge is 0.207 e. The topological polar surface area (TPSA) is 0 Å². The van der Waals surface area contributed by atoms with Crippen LogP contribution < -0.4 is 0 Å². The molecule has 0 saturated carbocycles. The molecule has 1 aromatic rings. The molecule has 0 atom stereocenters. The number of halogens is 4. The zero-order chi connectivity index (χ0) is 10.2. The highest BCUT2D eigenvalue weighted by Gasteiger charge is 2.32. The molecule has 0 aliphatic rings. The predicted molar refractivity (Wildman–Crippen MR) is 40.9 cm³/mol. The largest absolute Gasteiger partial charge is 0.416 e. The van der Waals surface area contributed by atoms with Crippen molar-refractivity contribution >= 4 is 0 Å². The molecule has 13 heavy (non-hydrogen) atoms. The Labute approximate surface area is 73.2 Å². The molecule has 0 bridgehead atoms. The summed E-state index contributed by atoms with van der Waals surface area (Å²) >= 11 is 0. The van der Waals surface area contributed by atoms with Gasteiger partial charge in [-0.15, -0.1) is 0 Å². The van der Waals surface area contributed by atoms with E-state index >= 15 is 0 Å². The Morgan fingerprint density at radius 3 is 2.00 bits per heavy atom. The van der Waals surface area contributed by atoms with Gasteiger partial charge in [0.25, 0.3) is 0 Å². The van der Waals surface area contributed by atoms with Crippen LogP contribution in [-0.4, -0.2) is 0 Å². The van der Waals surface area contributed by atoms with E-state index in [1.165, 1.54) is 13.8 Å². The maximum absolute atomic E-state index is 12.8. The Bertz CT molecular complexity index is 325. The number of hydrogen-bond donors (Lipinski definition) is 0. The van der Waals surface area contributed by atoms with E-state index in [1.54, 1.807) is 0 Å². The SMILES string of the molecule is Cc1cc(C(F)(F)F)c(C)cc1F. The molecule has 0 spiro atoms. The van der Waals surface area contributed by atoms with Crippen molar-refractivity contribution in [2.75, 3.05) is 0 Å². The number of hydrogen-bond acceptors (Lipinski definition) is 0. The standard InChI is InChI=1S/C9H8F4/c1-5-4-8(10)6(2)3-7(5)9(11,12)13/h3-4H,1-2H3. The quantitative estimate of drug-likeness (QED) is 0.552. The maximum atomic E-state index is 12.8. The summed E-state index contributed by atoms with van der Waals surface area (Å²) in [7, 11) is 0. The van der Waals surface area contributed by atoms with Gasteiger partial charge in [0.05, 0.1) is 5.56 Å². The van der Waals surface area contributed by atoms with Crippen LogP contribution in [0.3, 0.4) is 0 Å². The fraction of sp³-hybridized carbons (Fsp3) is 0.333. The second-order valence-corrected chi connectivity index (χ2v) is 2.91. The summed E-state index contributed by atoms with van der Waals surface area (Å²) in [5.74, 6) is -0.606. The minimum atomic E-state index is -4.40. The van der Waals surface area contributed by atoms with Crippen LogP contribution in [0.25, 0.3) is 0 Å². The van der Waals surface area contributed by atoms with Crippen LogP contribution in [0.1, 0.15) is 16.7 Å². The lowest BCUT2D eigenvalue weighted by Gasteiger charge is -2.11. The average molecular weight is 192 g/mol.